The smallest absolute Gasteiger partial charge is 0.341 e. The molecule has 3 rings (SSSR count). The molecular formula is C21H17BrIN3O6. The van der Waals surface area contributed by atoms with Gasteiger partial charge in [-0.1, -0.05) is 17.7 Å². The van der Waals surface area contributed by atoms with Crippen LogP contribution in [0.1, 0.15) is 11.1 Å². The van der Waals surface area contributed by atoms with Crippen molar-refractivity contribution in [2.24, 2.45) is 0 Å². The van der Waals surface area contributed by atoms with Crippen molar-refractivity contribution in [1.29, 1.82) is 0 Å². The highest BCUT2D eigenvalue weighted by molar-refractivity contribution is 14.1. The van der Waals surface area contributed by atoms with E-state index in [0.29, 0.717) is 15.7 Å². The molecule has 0 saturated carbocycles. The molecule has 4 amide bonds. The fraction of sp³-hybridized carbons (Fsp3) is 0.143. The molecular weight excluding hydrogens is 597 g/mol. The number of carboxylic acid groups (broad SMARTS) is 1. The molecule has 11 heteroatoms. The van der Waals surface area contributed by atoms with Crippen molar-refractivity contribution in [2.75, 3.05) is 18.5 Å². The summed E-state index contributed by atoms with van der Waals surface area (Å²) in [6.07, 6.45) is 1.38. The van der Waals surface area contributed by atoms with Crippen LogP contribution in [0.4, 0.5) is 10.5 Å². The molecule has 9 nitrogen and oxygen atoms in total. The summed E-state index contributed by atoms with van der Waals surface area (Å²) >= 11 is 5.37. The van der Waals surface area contributed by atoms with Gasteiger partial charge in [-0.25, -0.2) is 14.5 Å². The number of nitrogens with one attached hydrogen (secondary N) is 2. The highest BCUT2D eigenvalue weighted by Gasteiger charge is 2.35. The molecule has 3 N–H and O–H groups in total. The molecule has 32 heavy (non-hydrogen) atoms. The molecule has 1 saturated heterocycles. The van der Waals surface area contributed by atoms with E-state index in [4.69, 9.17) is 9.84 Å². The number of ether oxygens (including phenoxy) is 1. The highest BCUT2D eigenvalue weighted by atomic mass is 127. The lowest BCUT2D eigenvalue weighted by atomic mass is 10.1. The molecule has 1 heterocycles. The molecule has 166 valence electrons. The van der Waals surface area contributed by atoms with Crippen molar-refractivity contribution in [3.63, 3.8) is 0 Å². The van der Waals surface area contributed by atoms with E-state index in [0.717, 1.165) is 14.0 Å². The second kappa shape index (κ2) is 10.1. The first-order chi connectivity index (χ1) is 15.1. The van der Waals surface area contributed by atoms with Crippen LogP contribution >= 0.6 is 38.5 Å². The van der Waals surface area contributed by atoms with E-state index in [2.05, 4.69) is 49.2 Å². The number of rotatable bonds is 7. The minimum absolute atomic E-state index is 0.0628. The van der Waals surface area contributed by atoms with Gasteiger partial charge in [-0.2, -0.15) is 0 Å². The number of anilines is 1. The van der Waals surface area contributed by atoms with Gasteiger partial charge in [0, 0.05) is 14.8 Å². The fourth-order valence-corrected chi connectivity index (χ4v) is 4.49. The van der Waals surface area contributed by atoms with E-state index in [-0.39, 0.29) is 11.4 Å². The molecule has 1 aliphatic rings. The normalized spacial score (nSPS) is 14.5. The predicted molar refractivity (Wildman–Crippen MR) is 128 cm³/mol. The number of urea groups is 1. The first-order valence-corrected chi connectivity index (χ1v) is 11.1. The third kappa shape index (κ3) is 5.85. The summed E-state index contributed by atoms with van der Waals surface area (Å²) in [5, 5.41) is 14.0. The highest BCUT2D eigenvalue weighted by Crippen LogP contribution is 2.33. The zero-order chi connectivity index (χ0) is 23.4. The minimum atomic E-state index is -1.16. The van der Waals surface area contributed by atoms with Crippen molar-refractivity contribution < 1.29 is 29.0 Å². The van der Waals surface area contributed by atoms with E-state index in [9.17, 15) is 19.2 Å². The van der Waals surface area contributed by atoms with Crippen LogP contribution in [0.2, 0.25) is 0 Å². The van der Waals surface area contributed by atoms with E-state index >= 15 is 0 Å². The number of carbonyl (C=O) groups is 4. The molecule has 0 aromatic heterocycles. The Balaban J connectivity index is 1.78. The lowest BCUT2D eigenvalue weighted by molar-refractivity contribution is -0.139. The van der Waals surface area contributed by atoms with Crippen molar-refractivity contribution in [2.45, 2.75) is 6.92 Å². The molecule has 0 atom stereocenters. The van der Waals surface area contributed by atoms with Crippen LogP contribution in [-0.2, 0) is 14.4 Å². The Morgan fingerprint density at radius 3 is 2.59 bits per heavy atom. The summed E-state index contributed by atoms with van der Waals surface area (Å²) in [5.74, 6) is -2.17. The van der Waals surface area contributed by atoms with Crippen LogP contribution in [0.15, 0.2) is 46.6 Å². The van der Waals surface area contributed by atoms with Crippen molar-refractivity contribution in [3.05, 3.63) is 61.3 Å². The van der Waals surface area contributed by atoms with Gasteiger partial charge in [0.2, 0.25) is 5.91 Å². The average Bonchev–Trinajstić information content (AvgIpc) is 2.96. The number of carboxylic acids is 1. The largest absolute Gasteiger partial charge is 0.480 e. The van der Waals surface area contributed by atoms with E-state index in [1.54, 1.807) is 24.3 Å². The van der Waals surface area contributed by atoms with Crippen LogP contribution in [0.3, 0.4) is 0 Å². The first-order valence-electron chi connectivity index (χ1n) is 9.18. The predicted octanol–water partition coefficient (Wildman–Crippen LogP) is 3.36. The topological polar surface area (TPSA) is 125 Å². The zero-order valence-electron chi connectivity index (χ0n) is 16.6. The summed E-state index contributed by atoms with van der Waals surface area (Å²) < 4.78 is 6.60. The quantitative estimate of drug-likeness (QED) is 0.250. The van der Waals surface area contributed by atoms with E-state index < -0.39 is 37.0 Å². The Labute approximate surface area is 205 Å². The maximum atomic E-state index is 12.7. The number of nitrogens with zero attached hydrogens (tertiary/aromatic N) is 1. The number of benzene rings is 2. The third-order valence-corrected chi connectivity index (χ3v) is 5.49. The van der Waals surface area contributed by atoms with Crippen LogP contribution < -0.4 is 15.4 Å². The van der Waals surface area contributed by atoms with Crippen molar-refractivity contribution >= 4 is 74.1 Å². The molecule has 0 aliphatic carbocycles. The molecule has 0 spiro atoms. The third-order valence-electron chi connectivity index (χ3n) is 4.28. The fourth-order valence-electron chi connectivity index (χ4n) is 2.83. The van der Waals surface area contributed by atoms with Crippen LogP contribution in [0.25, 0.3) is 6.08 Å². The van der Waals surface area contributed by atoms with Gasteiger partial charge in [0.25, 0.3) is 5.91 Å². The number of aliphatic carboxylic acids is 1. The zero-order valence-corrected chi connectivity index (χ0v) is 20.4. The summed E-state index contributed by atoms with van der Waals surface area (Å²) in [6.45, 7) is 0.867. The average molecular weight is 614 g/mol. The molecule has 1 fully saturated rings. The lowest BCUT2D eigenvalue weighted by Gasteiger charge is -2.12. The van der Waals surface area contributed by atoms with Gasteiger partial charge in [0.05, 0.1) is 4.47 Å². The number of hydrogen-bond acceptors (Lipinski definition) is 5. The minimum Gasteiger partial charge on any atom is -0.480 e. The lowest BCUT2D eigenvalue weighted by Crippen LogP contribution is -2.38. The Hall–Kier alpha value is -2.93. The second-order valence-electron chi connectivity index (χ2n) is 6.78. The van der Waals surface area contributed by atoms with Gasteiger partial charge in [0.1, 0.15) is 18.0 Å². The van der Waals surface area contributed by atoms with Gasteiger partial charge >= 0.3 is 12.0 Å². The Morgan fingerprint density at radius 2 is 1.94 bits per heavy atom. The number of halogens is 2. The SMILES string of the molecule is Cc1ccc(NC(=O)CN2C(=O)N/C(=C\c3cc(I)cc(Br)c3OCC(=O)O)C2=O)cc1. The van der Waals surface area contributed by atoms with E-state index in [1.807, 2.05) is 19.1 Å². The van der Waals surface area contributed by atoms with Gasteiger partial charge in [0.15, 0.2) is 6.61 Å². The molecule has 2 aromatic rings. The monoisotopic (exact) mass is 613 g/mol. The molecule has 1 aliphatic heterocycles. The number of hydrogen-bond donors (Lipinski definition) is 3. The van der Waals surface area contributed by atoms with E-state index in [1.165, 1.54) is 6.08 Å². The number of imide groups is 1. The molecule has 2 aromatic carbocycles. The summed E-state index contributed by atoms with van der Waals surface area (Å²) in [4.78, 5) is 49.0. The number of carbonyl (C=O) groups excluding carboxylic acids is 3. The van der Waals surface area contributed by atoms with Crippen molar-refractivity contribution in [1.82, 2.24) is 10.2 Å². The van der Waals surface area contributed by atoms with Gasteiger partial charge < -0.3 is 20.5 Å². The van der Waals surface area contributed by atoms with Gasteiger partial charge in [-0.3, -0.25) is 9.59 Å². The maximum absolute atomic E-state index is 12.7. The van der Waals surface area contributed by atoms with Crippen LogP contribution in [0, 0.1) is 10.5 Å². The molecule has 0 bridgehead atoms. The standard InChI is InChI=1S/C21H17BrIN3O6/c1-11-2-4-14(5-3-11)24-17(27)9-26-20(30)16(25-21(26)31)7-12-6-13(23)8-15(22)19(12)32-10-18(28)29/h2-8H,9-10H2,1H3,(H,24,27)(H,25,31)(H,28,29)/b16-7-. The number of amides is 4. The maximum Gasteiger partial charge on any atom is 0.341 e. The second-order valence-corrected chi connectivity index (χ2v) is 8.88. The molecule has 0 radical (unpaired) electrons. The van der Waals surface area contributed by atoms with Gasteiger partial charge in [-0.05, 0) is 75.8 Å². The Bertz CT molecular complexity index is 1130. The Kier molecular flexibility index (Phi) is 7.51. The summed E-state index contributed by atoms with van der Waals surface area (Å²) in [5.41, 5.74) is 1.90. The number of aryl methyl sites for hydroxylation is 1. The summed E-state index contributed by atoms with van der Waals surface area (Å²) in [7, 11) is 0. The van der Waals surface area contributed by atoms with Crippen molar-refractivity contribution in [3.8, 4) is 5.75 Å². The van der Waals surface area contributed by atoms with Crippen LogP contribution in [0.5, 0.6) is 5.75 Å². The summed E-state index contributed by atoms with van der Waals surface area (Å²) in [6, 6.07) is 9.74. The van der Waals surface area contributed by atoms with Gasteiger partial charge in [-0.15, -0.1) is 0 Å². The molecule has 0 unspecified atom stereocenters. The Morgan fingerprint density at radius 1 is 1.25 bits per heavy atom. The first kappa shape index (κ1) is 23.7. The van der Waals surface area contributed by atoms with Crippen LogP contribution in [-0.4, -0.2) is 47.0 Å².